The number of hydrogen-bond donors (Lipinski definition) is 1. The number of sulfonamides is 1. The van der Waals surface area contributed by atoms with Crippen LogP contribution in [0.4, 0.5) is 5.69 Å². The van der Waals surface area contributed by atoms with Crippen molar-refractivity contribution >= 4 is 50.5 Å². The van der Waals surface area contributed by atoms with Gasteiger partial charge in [-0.05, 0) is 43.9 Å². The highest BCUT2D eigenvalue weighted by Gasteiger charge is 2.21. The van der Waals surface area contributed by atoms with Crippen LogP contribution in [-0.4, -0.2) is 32.8 Å². The molecule has 1 saturated carbocycles. The Labute approximate surface area is 158 Å². The Morgan fingerprint density at radius 1 is 1.16 bits per heavy atom. The number of rotatable bonds is 5. The maximum atomic E-state index is 12.2. The van der Waals surface area contributed by atoms with Gasteiger partial charge in [0.25, 0.3) is 5.91 Å². The quantitative estimate of drug-likeness (QED) is 0.600. The van der Waals surface area contributed by atoms with Crippen molar-refractivity contribution < 1.29 is 13.2 Å². The van der Waals surface area contributed by atoms with Crippen LogP contribution in [0.15, 0.2) is 23.3 Å². The van der Waals surface area contributed by atoms with Gasteiger partial charge in [0.2, 0.25) is 10.0 Å². The van der Waals surface area contributed by atoms with Crippen LogP contribution >= 0.6 is 23.2 Å². The number of halogens is 2. The molecule has 0 bridgehead atoms. The standard InChI is InChI=1S/C16H21Cl2N3O3S/c1-25(23,24)21(13-8-9-14(17)15(18)10-13)11-16(22)20-19-12-6-4-2-3-5-7-12/h8-10H,2-7,11H2,1H3,(H,20,22). The molecule has 0 saturated heterocycles. The molecule has 138 valence electrons. The van der Waals surface area contributed by atoms with Gasteiger partial charge in [-0.25, -0.2) is 13.8 Å². The van der Waals surface area contributed by atoms with Gasteiger partial charge in [0.05, 0.1) is 22.0 Å². The second-order valence-corrected chi connectivity index (χ2v) is 8.72. The number of amides is 1. The highest BCUT2D eigenvalue weighted by molar-refractivity contribution is 7.92. The lowest BCUT2D eigenvalue weighted by Gasteiger charge is -2.21. The Morgan fingerprint density at radius 3 is 2.36 bits per heavy atom. The highest BCUT2D eigenvalue weighted by atomic mass is 35.5. The van der Waals surface area contributed by atoms with Crippen molar-refractivity contribution in [2.24, 2.45) is 5.10 Å². The number of benzene rings is 1. The van der Waals surface area contributed by atoms with E-state index in [1.807, 2.05) is 0 Å². The van der Waals surface area contributed by atoms with Crippen LogP contribution < -0.4 is 9.73 Å². The van der Waals surface area contributed by atoms with Gasteiger partial charge in [-0.3, -0.25) is 9.10 Å². The van der Waals surface area contributed by atoms with Crippen LogP contribution in [0.5, 0.6) is 0 Å². The summed E-state index contributed by atoms with van der Waals surface area (Å²) in [6.45, 7) is -0.381. The van der Waals surface area contributed by atoms with Crippen LogP contribution in [0.25, 0.3) is 0 Å². The Hall–Kier alpha value is -1.31. The molecule has 25 heavy (non-hydrogen) atoms. The molecule has 1 aliphatic carbocycles. The summed E-state index contributed by atoms with van der Waals surface area (Å²) in [7, 11) is -3.67. The van der Waals surface area contributed by atoms with Gasteiger partial charge in [-0.2, -0.15) is 5.10 Å². The van der Waals surface area contributed by atoms with E-state index in [4.69, 9.17) is 23.2 Å². The Morgan fingerprint density at radius 2 is 1.80 bits per heavy atom. The SMILES string of the molecule is CS(=O)(=O)N(CC(=O)NN=C1CCCCCC1)c1ccc(Cl)c(Cl)c1. The van der Waals surface area contributed by atoms with Gasteiger partial charge in [-0.1, -0.05) is 36.0 Å². The molecule has 0 aliphatic heterocycles. The minimum absolute atomic E-state index is 0.215. The van der Waals surface area contributed by atoms with Crippen molar-refractivity contribution in [3.8, 4) is 0 Å². The van der Waals surface area contributed by atoms with E-state index in [0.29, 0.717) is 5.02 Å². The summed E-state index contributed by atoms with van der Waals surface area (Å²) in [5, 5.41) is 4.68. The Bertz CT molecular complexity index is 756. The first-order valence-electron chi connectivity index (χ1n) is 8.04. The zero-order valence-corrected chi connectivity index (χ0v) is 16.3. The first-order valence-corrected chi connectivity index (χ1v) is 10.6. The van der Waals surface area contributed by atoms with Crippen LogP contribution in [0.3, 0.4) is 0 Å². The van der Waals surface area contributed by atoms with Gasteiger partial charge in [0, 0.05) is 5.71 Å². The Balaban J connectivity index is 2.10. The summed E-state index contributed by atoms with van der Waals surface area (Å²) in [6.07, 6.45) is 7.23. The molecule has 1 aliphatic rings. The molecule has 1 aromatic carbocycles. The molecule has 0 spiro atoms. The number of carbonyl (C=O) groups is 1. The summed E-state index contributed by atoms with van der Waals surface area (Å²) >= 11 is 11.8. The number of nitrogens with one attached hydrogen (secondary N) is 1. The molecular weight excluding hydrogens is 385 g/mol. The number of hydrazone groups is 1. The summed E-state index contributed by atoms with van der Waals surface area (Å²) in [5.41, 5.74) is 3.68. The fourth-order valence-corrected chi connectivity index (χ4v) is 3.74. The van der Waals surface area contributed by atoms with Crippen LogP contribution in [-0.2, 0) is 14.8 Å². The average molecular weight is 406 g/mol. The number of hydrogen-bond acceptors (Lipinski definition) is 4. The summed E-state index contributed by atoms with van der Waals surface area (Å²) in [4.78, 5) is 12.2. The van der Waals surface area contributed by atoms with Crippen molar-refractivity contribution in [3.05, 3.63) is 28.2 Å². The molecule has 1 N–H and O–H groups in total. The molecule has 0 atom stereocenters. The molecule has 1 amide bonds. The number of nitrogens with zero attached hydrogens (tertiary/aromatic N) is 2. The van der Waals surface area contributed by atoms with Crippen LogP contribution in [0.1, 0.15) is 38.5 Å². The second kappa shape index (κ2) is 8.87. The normalized spacial score (nSPS) is 15.4. The lowest BCUT2D eigenvalue weighted by molar-refractivity contribution is -0.119. The molecule has 2 rings (SSSR count). The smallest absolute Gasteiger partial charge is 0.260 e. The van der Waals surface area contributed by atoms with E-state index in [1.165, 1.54) is 31.0 Å². The molecule has 0 aromatic heterocycles. The molecule has 6 nitrogen and oxygen atoms in total. The largest absolute Gasteiger partial charge is 0.271 e. The highest BCUT2D eigenvalue weighted by Crippen LogP contribution is 2.28. The molecule has 0 heterocycles. The zero-order chi connectivity index (χ0) is 18.4. The Kier molecular flexibility index (Phi) is 7.10. The van der Waals surface area contributed by atoms with Crippen LogP contribution in [0, 0.1) is 0 Å². The fraction of sp³-hybridized carbons (Fsp3) is 0.500. The average Bonchev–Trinajstić information content (AvgIpc) is 2.81. The summed E-state index contributed by atoms with van der Waals surface area (Å²) < 4.78 is 25.1. The first-order chi connectivity index (χ1) is 11.8. The van der Waals surface area contributed by atoms with E-state index < -0.39 is 15.9 Å². The van der Waals surface area contributed by atoms with Crippen LogP contribution in [0.2, 0.25) is 10.0 Å². The van der Waals surface area contributed by atoms with Crippen molar-refractivity contribution in [3.63, 3.8) is 0 Å². The minimum atomic E-state index is -3.67. The molecule has 9 heteroatoms. The molecular formula is C16H21Cl2N3O3S. The van der Waals surface area contributed by atoms with E-state index in [1.54, 1.807) is 0 Å². The predicted octanol–water partition coefficient (Wildman–Crippen LogP) is 3.59. The monoisotopic (exact) mass is 405 g/mol. The third-order valence-electron chi connectivity index (χ3n) is 3.90. The lowest BCUT2D eigenvalue weighted by atomic mass is 10.2. The summed E-state index contributed by atoms with van der Waals surface area (Å²) in [5.74, 6) is -0.506. The van der Waals surface area contributed by atoms with Crippen molar-refractivity contribution in [2.45, 2.75) is 38.5 Å². The topological polar surface area (TPSA) is 78.8 Å². The van der Waals surface area contributed by atoms with Gasteiger partial charge < -0.3 is 0 Å². The van der Waals surface area contributed by atoms with Gasteiger partial charge >= 0.3 is 0 Å². The second-order valence-electron chi connectivity index (χ2n) is 6.00. The number of carbonyl (C=O) groups excluding carboxylic acids is 1. The molecule has 0 radical (unpaired) electrons. The first kappa shape index (κ1) is 20.0. The number of anilines is 1. The van der Waals surface area contributed by atoms with Crippen molar-refractivity contribution in [2.75, 3.05) is 17.1 Å². The zero-order valence-electron chi connectivity index (χ0n) is 14.0. The van der Waals surface area contributed by atoms with E-state index in [2.05, 4.69) is 10.5 Å². The van der Waals surface area contributed by atoms with Crippen molar-refractivity contribution in [1.82, 2.24) is 5.43 Å². The van der Waals surface area contributed by atoms with E-state index in [9.17, 15) is 13.2 Å². The van der Waals surface area contributed by atoms with E-state index >= 15 is 0 Å². The molecule has 1 fully saturated rings. The third kappa shape index (κ3) is 6.17. The maximum absolute atomic E-state index is 12.2. The maximum Gasteiger partial charge on any atom is 0.260 e. The van der Waals surface area contributed by atoms with E-state index in [-0.39, 0.29) is 17.3 Å². The lowest BCUT2D eigenvalue weighted by Crippen LogP contribution is -2.39. The van der Waals surface area contributed by atoms with Gasteiger partial charge in [0.1, 0.15) is 6.54 Å². The van der Waals surface area contributed by atoms with Gasteiger partial charge in [0.15, 0.2) is 0 Å². The molecule has 0 unspecified atom stereocenters. The van der Waals surface area contributed by atoms with Gasteiger partial charge in [-0.15, -0.1) is 0 Å². The van der Waals surface area contributed by atoms with E-state index in [0.717, 1.165) is 42.0 Å². The molecule has 1 aromatic rings. The predicted molar refractivity (Wildman–Crippen MR) is 102 cm³/mol. The minimum Gasteiger partial charge on any atom is -0.271 e. The third-order valence-corrected chi connectivity index (χ3v) is 5.78. The fourth-order valence-electron chi connectivity index (χ4n) is 2.60. The van der Waals surface area contributed by atoms with Crippen molar-refractivity contribution in [1.29, 1.82) is 0 Å². The summed E-state index contributed by atoms with van der Waals surface area (Å²) in [6, 6.07) is 4.40.